The summed E-state index contributed by atoms with van der Waals surface area (Å²) >= 11 is 5.84. The molecule has 0 aromatic carbocycles. The summed E-state index contributed by atoms with van der Waals surface area (Å²) in [7, 11) is -3.11. The second-order valence-electron chi connectivity index (χ2n) is 4.55. The third-order valence-electron chi connectivity index (χ3n) is 3.18. The fourth-order valence-electron chi connectivity index (χ4n) is 1.98. The molecule has 0 aromatic heterocycles. The Labute approximate surface area is 97.6 Å². The molecule has 1 saturated carbocycles. The summed E-state index contributed by atoms with van der Waals surface area (Å²) < 4.78 is 25.8. The molecule has 0 spiro atoms. The number of alkyl halides is 1. The van der Waals surface area contributed by atoms with Gasteiger partial charge in [0.15, 0.2) is 0 Å². The van der Waals surface area contributed by atoms with Crippen LogP contribution in [-0.2, 0) is 10.0 Å². The van der Waals surface area contributed by atoms with Crippen LogP contribution in [0.4, 0.5) is 0 Å². The first-order chi connectivity index (χ1) is 6.97. The van der Waals surface area contributed by atoms with Crippen LogP contribution < -0.4 is 4.72 Å². The molecular formula is C10H20ClNO2S. The Morgan fingerprint density at radius 2 is 1.93 bits per heavy atom. The fourth-order valence-corrected chi connectivity index (χ4v) is 3.16. The average molecular weight is 254 g/mol. The summed E-state index contributed by atoms with van der Waals surface area (Å²) in [5, 5.41) is -0.353. The molecule has 15 heavy (non-hydrogen) atoms. The van der Waals surface area contributed by atoms with E-state index >= 15 is 0 Å². The Morgan fingerprint density at radius 3 is 2.47 bits per heavy atom. The van der Waals surface area contributed by atoms with Crippen molar-refractivity contribution in [2.45, 2.75) is 38.4 Å². The summed E-state index contributed by atoms with van der Waals surface area (Å²) in [5.41, 5.74) is 0. The van der Waals surface area contributed by atoms with Crippen molar-refractivity contribution < 1.29 is 8.42 Å². The zero-order chi connectivity index (χ0) is 11.5. The lowest BCUT2D eigenvalue weighted by atomic mass is 9.98. The summed E-state index contributed by atoms with van der Waals surface area (Å²) in [5.74, 6) is 1.56. The van der Waals surface area contributed by atoms with Gasteiger partial charge in [-0.15, -0.1) is 11.6 Å². The molecule has 1 aliphatic carbocycles. The van der Waals surface area contributed by atoms with Crippen LogP contribution in [0.3, 0.4) is 0 Å². The lowest BCUT2D eigenvalue weighted by Crippen LogP contribution is -2.35. The average Bonchev–Trinajstić information content (AvgIpc) is 2.61. The Morgan fingerprint density at radius 1 is 1.33 bits per heavy atom. The fraction of sp³-hybridized carbons (Fsp3) is 1.00. The molecule has 2 atom stereocenters. The highest BCUT2D eigenvalue weighted by atomic mass is 35.5. The molecule has 0 bridgehead atoms. The first kappa shape index (κ1) is 13.3. The van der Waals surface area contributed by atoms with Gasteiger partial charge in [-0.05, 0) is 38.5 Å². The van der Waals surface area contributed by atoms with Gasteiger partial charge in [-0.2, -0.15) is 0 Å². The summed E-state index contributed by atoms with van der Waals surface area (Å²) in [6.07, 6.45) is 3.40. The van der Waals surface area contributed by atoms with Crippen molar-refractivity contribution in [1.82, 2.24) is 4.72 Å². The van der Waals surface area contributed by atoms with Gasteiger partial charge in [0, 0.05) is 12.4 Å². The van der Waals surface area contributed by atoms with Gasteiger partial charge in [0.2, 0.25) is 10.0 Å². The molecule has 0 aromatic rings. The zero-order valence-electron chi connectivity index (χ0n) is 9.37. The molecule has 1 aliphatic rings. The molecule has 1 fully saturated rings. The third-order valence-corrected chi connectivity index (χ3v) is 5.39. The van der Waals surface area contributed by atoms with Crippen LogP contribution in [0.2, 0.25) is 0 Å². The van der Waals surface area contributed by atoms with E-state index in [0.717, 1.165) is 12.8 Å². The minimum absolute atomic E-state index is 0.353. The van der Waals surface area contributed by atoms with Gasteiger partial charge in [0.25, 0.3) is 0 Å². The molecule has 90 valence electrons. The van der Waals surface area contributed by atoms with Crippen molar-refractivity contribution in [2.75, 3.05) is 12.4 Å². The third kappa shape index (κ3) is 3.61. The summed E-state index contributed by atoms with van der Waals surface area (Å²) in [4.78, 5) is 0. The minimum atomic E-state index is -3.11. The molecular weight excluding hydrogens is 234 g/mol. The van der Waals surface area contributed by atoms with Crippen LogP contribution in [-0.4, -0.2) is 26.1 Å². The lowest BCUT2D eigenvalue weighted by molar-refractivity contribution is 0.417. The van der Waals surface area contributed by atoms with Gasteiger partial charge in [-0.25, -0.2) is 13.1 Å². The number of nitrogens with one attached hydrogen (secondary N) is 1. The highest BCUT2D eigenvalue weighted by Gasteiger charge is 2.28. The molecule has 1 N–H and O–H groups in total. The van der Waals surface area contributed by atoms with E-state index in [1.54, 1.807) is 13.8 Å². The molecule has 5 heteroatoms. The molecule has 2 unspecified atom stereocenters. The predicted octanol–water partition coefficient (Wildman–Crippen LogP) is 1.97. The first-order valence-electron chi connectivity index (χ1n) is 5.52. The molecule has 1 rings (SSSR count). The van der Waals surface area contributed by atoms with Crippen molar-refractivity contribution in [3.63, 3.8) is 0 Å². The van der Waals surface area contributed by atoms with E-state index < -0.39 is 10.0 Å². The predicted molar refractivity (Wildman–Crippen MR) is 63.6 cm³/mol. The molecule has 0 heterocycles. The standard InChI is InChI=1S/C10H20ClNO2S/c1-8(2)15(13,14)12-7-10-5-3-4-9(10)6-11/h8-10,12H,3-7H2,1-2H3. The van der Waals surface area contributed by atoms with Crippen LogP contribution in [0.15, 0.2) is 0 Å². The van der Waals surface area contributed by atoms with Gasteiger partial charge < -0.3 is 0 Å². The van der Waals surface area contributed by atoms with Crippen LogP contribution in [0, 0.1) is 11.8 Å². The van der Waals surface area contributed by atoms with Crippen LogP contribution in [0.1, 0.15) is 33.1 Å². The van der Waals surface area contributed by atoms with Gasteiger partial charge >= 0.3 is 0 Å². The Balaban J connectivity index is 2.43. The maximum Gasteiger partial charge on any atom is 0.213 e. The van der Waals surface area contributed by atoms with E-state index in [0.29, 0.717) is 24.3 Å². The summed E-state index contributed by atoms with van der Waals surface area (Å²) in [6, 6.07) is 0. The number of halogens is 1. The van der Waals surface area contributed by atoms with Crippen molar-refractivity contribution >= 4 is 21.6 Å². The quantitative estimate of drug-likeness (QED) is 0.762. The molecule has 3 nitrogen and oxygen atoms in total. The van der Waals surface area contributed by atoms with E-state index in [1.165, 1.54) is 6.42 Å². The smallest absolute Gasteiger partial charge is 0.213 e. The monoisotopic (exact) mass is 253 g/mol. The second-order valence-corrected chi connectivity index (χ2v) is 7.18. The van der Waals surface area contributed by atoms with Crippen LogP contribution in [0.25, 0.3) is 0 Å². The molecule has 0 aliphatic heterocycles. The number of hydrogen-bond acceptors (Lipinski definition) is 2. The largest absolute Gasteiger partial charge is 0.215 e. The number of hydrogen-bond donors (Lipinski definition) is 1. The first-order valence-corrected chi connectivity index (χ1v) is 7.60. The van der Waals surface area contributed by atoms with Gasteiger partial charge in [0.05, 0.1) is 5.25 Å². The van der Waals surface area contributed by atoms with Crippen molar-refractivity contribution in [2.24, 2.45) is 11.8 Å². The van der Waals surface area contributed by atoms with E-state index in [4.69, 9.17) is 11.6 Å². The van der Waals surface area contributed by atoms with E-state index in [1.807, 2.05) is 0 Å². The number of sulfonamides is 1. The SMILES string of the molecule is CC(C)S(=O)(=O)NCC1CCCC1CCl. The topological polar surface area (TPSA) is 46.2 Å². The van der Waals surface area contributed by atoms with Crippen LogP contribution in [0.5, 0.6) is 0 Å². The second kappa shape index (κ2) is 5.51. The molecule has 0 radical (unpaired) electrons. The van der Waals surface area contributed by atoms with E-state index in [2.05, 4.69) is 4.72 Å². The maximum absolute atomic E-state index is 11.5. The van der Waals surface area contributed by atoms with E-state index in [9.17, 15) is 8.42 Å². The van der Waals surface area contributed by atoms with E-state index in [-0.39, 0.29) is 5.25 Å². The maximum atomic E-state index is 11.5. The Hall–Kier alpha value is 0.200. The van der Waals surface area contributed by atoms with Gasteiger partial charge in [-0.1, -0.05) is 6.42 Å². The van der Waals surface area contributed by atoms with Crippen molar-refractivity contribution in [1.29, 1.82) is 0 Å². The van der Waals surface area contributed by atoms with Crippen LogP contribution >= 0.6 is 11.6 Å². The molecule has 0 saturated heterocycles. The van der Waals surface area contributed by atoms with Crippen molar-refractivity contribution in [3.8, 4) is 0 Å². The zero-order valence-corrected chi connectivity index (χ0v) is 10.9. The normalized spacial score (nSPS) is 27.5. The van der Waals surface area contributed by atoms with Gasteiger partial charge in [0.1, 0.15) is 0 Å². The minimum Gasteiger partial charge on any atom is -0.215 e. The van der Waals surface area contributed by atoms with Gasteiger partial charge in [-0.3, -0.25) is 0 Å². The lowest BCUT2D eigenvalue weighted by Gasteiger charge is -2.18. The highest BCUT2D eigenvalue weighted by Crippen LogP contribution is 2.32. The highest BCUT2D eigenvalue weighted by molar-refractivity contribution is 7.90. The van der Waals surface area contributed by atoms with Crippen molar-refractivity contribution in [3.05, 3.63) is 0 Å². The Kier molecular flexibility index (Phi) is 4.87. The Bertz CT molecular complexity index is 290. The molecule has 0 amide bonds. The summed E-state index contributed by atoms with van der Waals surface area (Å²) in [6.45, 7) is 3.93. The number of rotatable bonds is 5.